The highest BCUT2D eigenvalue weighted by atomic mass is 35.5. The van der Waals surface area contributed by atoms with Gasteiger partial charge in [0.05, 0.1) is 0 Å². The standard InChI is InChI=1S/C10H12ClN/c11-10-6-4-9(5-7-10)3-1-2-8-12/h1,3-7H,2,8,12H2/b3-1+. The Morgan fingerprint density at radius 1 is 1.25 bits per heavy atom. The van der Waals surface area contributed by atoms with Gasteiger partial charge in [0.25, 0.3) is 0 Å². The Bertz CT molecular complexity index is 251. The molecule has 0 aromatic heterocycles. The van der Waals surface area contributed by atoms with Crippen LogP contribution in [0.5, 0.6) is 0 Å². The van der Waals surface area contributed by atoms with Crippen LogP contribution in [0, 0.1) is 0 Å². The van der Waals surface area contributed by atoms with Crippen LogP contribution in [-0.2, 0) is 0 Å². The van der Waals surface area contributed by atoms with E-state index in [4.69, 9.17) is 17.3 Å². The lowest BCUT2D eigenvalue weighted by molar-refractivity contribution is 1.01. The van der Waals surface area contributed by atoms with Gasteiger partial charge in [-0.25, -0.2) is 0 Å². The van der Waals surface area contributed by atoms with Crippen LogP contribution in [0.3, 0.4) is 0 Å². The van der Waals surface area contributed by atoms with Crippen molar-refractivity contribution in [3.63, 3.8) is 0 Å². The molecule has 0 bridgehead atoms. The fourth-order valence-corrected chi connectivity index (χ4v) is 1.02. The Kier molecular flexibility index (Phi) is 3.85. The molecule has 2 heteroatoms. The molecular weight excluding hydrogens is 170 g/mol. The quantitative estimate of drug-likeness (QED) is 0.763. The molecule has 1 rings (SSSR count). The van der Waals surface area contributed by atoms with Crippen LogP contribution in [0.25, 0.3) is 6.08 Å². The molecule has 0 aliphatic carbocycles. The van der Waals surface area contributed by atoms with Gasteiger partial charge >= 0.3 is 0 Å². The van der Waals surface area contributed by atoms with Crippen LogP contribution in [0.4, 0.5) is 0 Å². The highest BCUT2D eigenvalue weighted by Crippen LogP contribution is 2.10. The monoisotopic (exact) mass is 181 g/mol. The van der Waals surface area contributed by atoms with Gasteiger partial charge in [-0.05, 0) is 30.7 Å². The largest absolute Gasteiger partial charge is 0.330 e. The minimum atomic E-state index is 0.699. The molecule has 0 heterocycles. The molecule has 1 nitrogen and oxygen atoms in total. The molecule has 0 saturated carbocycles. The Hall–Kier alpha value is -0.790. The molecule has 0 unspecified atom stereocenters. The lowest BCUT2D eigenvalue weighted by Crippen LogP contribution is -1.94. The maximum absolute atomic E-state index is 5.73. The number of benzene rings is 1. The van der Waals surface area contributed by atoms with E-state index in [-0.39, 0.29) is 0 Å². The van der Waals surface area contributed by atoms with Crippen LogP contribution in [-0.4, -0.2) is 6.54 Å². The van der Waals surface area contributed by atoms with E-state index < -0.39 is 0 Å². The van der Waals surface area contributed by atoms with Gasteiger partial charge in [0.1, 0.15) is 0 Å². The van der Waals surface area contributed by atoms with Gasteiger partial charge in [0.2, 0.25) is 0 Å². The van der Waals surface area contributed by atoms with Gasteiger partial charge < -0.3 is 5.73 Å². The van der Waals surface area contributed by atoms with Crippen molar-refractivity contribution in [3.8, 4) is 0 Å². The van der Waals surface area contributed by atoms with Crippen molar-refractivity contribution in [2.75, 3.05) is 6.54 Å². The molecule has 0 amide bonds. The van der Waals surface area contributed by atoms with E-state index in [9.17, 15) is 0 Å². The van der Waals surface area contributed by atoms with Gasteiger partial charge in [0, 0.05) is 5.02 Å². The lowest BCUT2D eigenvalue weighted by atomic mass is 10.2. The van der Waals surface area contributed by atoms with Crippen LogP contribution in [0.2, 0.25) is 5.02 Å². The Labute approximate surface area is 77.8 Å². The van der Waals surface area contributed by atoms with Gasteiger partial charge in [-0.3, -0.25) is 0 Å². The zero-order chi connectivity index (χ0) is 8.81. The van der Waals surface area contributed by atoms with Crippen LogP contribution >= 0.6 is 11.6 Å². The second-order valence-corrected chi connectivity index (χ2v) is 2.97. The summed E-state index contributed by atoms with van der Waals surface area (Å²) in [6.07, 6.45) is 5.02. The zero-order valence-corrected chi connectivity index (χ0v) is 7.59. The lowest BCUT2D eigenvalue weighted by Gasteiger charge is -1.92. The van der Waals surface area contributed by atoms with Gasteiger partial charge in [-0.1, -0.05) is 35.9 Å². The van der Waals surface area contributed by atoms with Gasteiger partial charge in [-0.15, -0.1) is 0 Å². The molecule has 0 atom stereocenters. The average Bonchev–Trinajstić information content (AvgIpc) is 2.09. The molecule has 0 saturated heterocycles. The fourth-order valence-electron chi connectivity index (χ4n) is 0.890. The number of halogens is 1. The van der Waals surface area contributed by atoms with Crippen molar-refractivity contribution in [1.29, 1.82) is 0 Å². The summed E-state index contributed by atoms with van der Waals surface area (Å²) >= 11 is 5.73. The summed E-state index contributed by atoms with van der Waals surface area (Å²) in [6.45, 7) is 0.699. The van der Waals surface area contributed by atoms with Crippen molar-refractivity contribution >= 4 is 17.7 Å². The maximum atomic E-state index is 5.73. The SMILES string of the molecule is NCC/C=C/c1ccc(Cl)cc1. The topological polar surface area (TPSA) is 26.0 Å². The summed E-state index contributed by atoms with van der Waals surface area (Å²) in [5.74, 6) is 0. The molecule has 64 valence electrons. The summed E-state index contributed by atoms with van der Waals surface area (Å²) < 4.78 is 0. The van der Waals surface area contributed by atoms with Crippen LogP contribution in [0.15, 0.2) is 30.3 Å². The Morgan fingerprint density at radius 2 is 1.92 bits per heavy atom. The first-order valence-corrected chi connectivity index (χ1v) is 4.33. The molecule has 0 fully saturated rings. The summed E-state index contributed by atoms with van der Waals surface area (Å²) in [5.41, 5.74) is 6.50. The van der Waals surface area contributed by atoms with Crippen molar-refractivity contribution < 1.29 is 0 Å². The second-order valence-electron chi connectivity index (χ2n) is 2.53. The summed E-state index contributed by atoms with van der Waals surface area (Å²) in [7, 11) is 0. The van der Waals surface area contributed by atoms with E-state index in [1.54, 1.807) is 0 Å². The van der Waals surface area contributed by atoms with E-state index in [0.717, 1.165) is 17.0 Å². The molecule has 0 spiro atoms. The van der Waals surface area contributed by atoms with E-state index >= 15 is 0 Å². The number of hydrogen-bond acceptors (Lipinski definition) is 1. The molecule has 0 aliphatic rings. The molecule has 2 N–H and O–H groups in total. The minimum absolute atomic E-state index is 0.699. The van der Waals surface area contributed by atoms with E-state index in [1.165, 1.54) is 0 Å². The third-order valence-electron chi connectivity index (χ3n) is 1.51. The zero-order valence-electron chi connectivity index (χ0n) is 6.83. The van der Waals surface area contributed by atoms with Crippen LogP contribution < -0.4 is 5.73 Å². The second kappa shape index (κ2) is 4.96. The molecule has 1 aromatic carbocycles. The first-order chi connectivity index (χ1) is 5.83. The fraction of sp³-hybridized carbons (Fsp3) is 0.200. The third kappa shape index (κ3) is 3.07. The number of nitrogens with two attached hydrogens (primary N) is 1. The number of rotatable bonds is 3. The predicted octanol–water partition coefficient (Wildman–Crippen LogP) is 2.70. The van der Waals surface area contributed by atoms with Crippen molar-refractivity contribution in [2.45, 2.75) is 6.42 Å². The van der Waals surface area contributed by atoms with E-state index in [2.05, 4.69) is 6.08 Å². The Balaban J connectivity index is 2.58. The average molecular weight is 182 g/mol. The maximum Gasteiger partial charge on any atom is 0.0406 e. The molecular formula is C10H12ClN. The highest BCUT2D eigenvalue weighted by Gasteiger charge is 1.86. The van der Waals surface area contributed by atoms with Gasteiger partial charge in [0.15, 0.2) is 0 Å². The molecule has 0 aliphatic heterocycles. The Morgan fingerprint density at radius 3 is 2.50 bits per heavy atom. The first kappa shape index (κ1) is 9.30. The smallest absolute Gasteiger partial charge is 0.0406 e. The van der Waals surface area contributed by atoms with Crippen molar-refractivity contribution in [2.24, 2.45) is 5.73 Å². The normalized spacial score (nSPS) is 10.8. The van der Waals surface area contributed by atoms with Crippen LogP contribution in [0.1, 0.15) is 12.0 Å². The third-order valence-corrected chi connectivity index (χ3v) is 1.77. The summed E-state index contributed by atoms with van der Waals surface area (Å²) in [4.78, 5) is 0. The molecule has 1 aromatic rings. The minimum Gasteiger partial charge on any atom is -0.330 e. The van der Waals surface area contributed by atoms with Crippen molar-refractivity contribution in [1.82, 2.24) is 0 Å². The van der Waals surface area contributed by atoms with Gasteiger partial charge in [-0.2, -0.15) is 0 Å². The first-order valence-electron chi connectivity index (χ1n) is 3.95. The highest BCUT2D eigenvalue weighted by molar-refractivity contribution is 6.30. The number of hydrogen-bond donors (Lipinski definition) is 1. The van der Waals surface area contributed by atoms with E-state index in [0.29, 0.717) is 6.54 Å². The molecule has 0 radical (unpaired) electrons. The molecule has 12 heavy (non-hydrogen) atoms. The predicted molar refractivity (Wildman–Crippen MR) is 54.2 cm³/mol. The van der Waals surface area contributed by atoms with E-state index in [1.807, 2.05) is 30.3 Å². The van der Waals surface area contributed by atoms with Crippen molar-refractivity contribution in [3.05, 3.63) is 40.9 Å². The summed E-state index contributed by atoms with van der Waals surface area (Å²) in [5, 5.41) is 0.769. The summed E-state index contributed by atoms with van der Waals surface area (Å²) in [6, 6.07) is 7.72.